The Bertz CT molecular complexity index is 502. The minimum absolute atomic E-state index is 0.191. The zero-order valence-electron chi connectivity index (χ0n) is 9.21. The van der Waals surface area contributed by atoms with E-state index in [4.69, 9.17) is 0 Å². The van der Waals surface area contributed by atoms with Crippen molar-refractivity contribution >= 4 is 5.91 Å². The fourth-order valence-corrected chi connectivity index (χ4v) is 1.33. The smallest absolute Gasteiger partial charge is 0.243 e. The molecule has 17 heavy (non-hydrogen) atoms. The quantitative estimate of drug-likeness (QED) is 0.796. The van der Waals surface area contributed by atoms with Gasteiger partial charge < -0.3 is 5.32 Å². The van der Waals surface area contributed by atoms with E-state index in [1.165, 1.54) is 6.08 Å². The summed E-state index contributed by atoms with van der Waals surface area (Å²) in [7, 11) is 0. The van der Waals surface area contributed by atoms with Gasteiger partial charge in [-0.1, -0.05) is 12.6 Å². The number of hydrogen-bond donors (Lipinski definition) is 1. The molecule has 0 saturated heterocycles. The second-order valence-corrected chi connectivity index (χ2v) is 3.42. The van der Waals surface area contributed by atoms with E-state index < -0.39 is 0 Å². The first-order valence-electron chi connectivity index (χ1n) is 5.13. The lowest BCUT2D eigenvalue weighted by Gasteiger charge is -2.04. The molecule has 1 amide bonds. The summed E-state index contributed by atoms with van der Waals surface area (Å²) in [5, 5.41) is 2.69. The summed E-state index contributed by atoms with van der Waals surface area (Å²) in [5.41, 5.74) is 0.934. The Labute approximate surface area is 98.8 Å². The molecule has 0 saturated carbocycles. The van der Waals surface area contributed by atoms with Gasteiger partial charge in [0.25, 0.3) is 0 Å². The highest BCUT2D eigenvalue weighted by Crippen LogP contribution is 2.04. The maximum atomic E-state index is 11.0. The summed E-state index contributed by atoms with van der Waals surface area (Å²) in [6.45, 7) is 3.83. The lowest BCUT2D eigenvalue weighted by molar-refractivity contribution is -0.116. The van der Waals surface area contributed by atoms with Gasteiger partial charge in [-0.25, -0.2) is 9.97 Å². The molecule has 0 aliphatic carbocycles. The van der Waals surface area contributed by atoms with E-state index in [0.717, 1.165) is 11.4 Å². The van der Waals surface area contributed by atoms with Gasteiger partial charge in [-0.05, 0) is 17.7 Å². The maximum Gasteiger partial charge on any atom is 0.243 e. The van der Waals surface area contributed by atoms with Crippen LogP contribution in [0.3, 0.4) is 0 Å². The van der Waals surface area contributed by atoms with Crippen LogP contribution >= 0.6 is 0 Å². The minimum atomic E-state index is -0.191. The molecule has 0 radical (unpaired) electrons. The number of nitrogens with zero attached hydrogens (tertiary/aromatic N) is 3. The summed E-state index contributed by atoms with van der Waals surface area (Å²) < 4.78 is 1.81. The number of rotatable bonds is 4. The normalized spacial score (nSPS) is 9.88. The number of nitrogens with one attached hydrogen (secondary N) is 1. The van der Waals surface area contributed by atoms with Crippen molar-refractivity contribution in [2.24, 2.45) is 0 Å². The molecule has 2 rings (SSSR count). The molecule has 2 heterocycles. The van der Waals surface area contributed by atoms with E-state index in [1.807, 2.05) is 22.9 Å². The van der Waals surface area contributed by atoms with Gasteiger partial charge in [-0.3, -0.25) is 9.36 Å². The molecule has 5 heteroatoms. The van der Waals surface area contributed by atoms with Gasteiger partial charge in [-0.15, -0.1) is 0 Å². The number of aromatic nitrogens is 3. The Hall–Kier alpha value is -2.43. The van der Waals surface area contributed by atoms with Crippen LogP contribution in [0.4, 0.5) is 0 Å². The van der Waals surface area contributed by atoms with Crippen molar-refractivity contribution in [3.63, 3.8) is 0 Å². The van der Waals surface area contributed by atoms with Crippen LogP contribution in [-0.2, 0) is 11.3 Å². The molecule has 1 N–H and O–H groups in total. The fourth-order valence-electron chi connectivity index (χ4n) is 1.33. The third kappa shape index (κ3) is 2.78. The van der Waals surface area contributed by atoms with Crippen LogP contribution in [0.2, 0.25) is 0 Å². The maximum absolute atomic E-state index is 11.0. The molecule has 86 valence electrons. The monoisotopic (exact) mass is 228 g/mol. The number of carbonyl (C=O) groups is 1. The van der Waals surface area contributed by atoms with Gasteiger partial charge in [0.1, 0.15) is 12.1 Å². The molecule has 0 fully saturated rings. The Kier molecular flexibility index (Phi) is 3.30. The van der Waals surface area contributed by atoms with E-state index in [9.17, 15) is 4.79 Å². The molecule has 0 aliphatic heterocycles. The topological polar surface area (TPSA) is 59.8 Å². The zero-order valence-corrected chi connectivity index (χ0v) is 9.21. The molecule has 0 aliphatic rings. The standard InChI is InChI=1S/C12H12N4O/c1-2-12(17)15-8-10-3-4-11(14-7-10)16-6-5-13-9-16/h2-7,9H,1,8H2,(H,15,17). The molecule has 0 spiro atoms. The van der Waals surface area contributed by atoms with E-state index in [-0.39, 0.29) is 5.91 Å². The number of imidazole rings is 1. The average Bonchev–Trinajstić information content (AvgIpc) is 2.90. The van der Waals surface area contributed by atoms with E-state index in [0.29, 0.717) is 6.54 Å². The molecular formula is C12H12N4O. The minimum Gasteiger partial charge on any atom is -0.348 e. The number of pyridine rings is 1. The predicted molar refractivity (Wildman–Crippen MR) is 63.4 cm³/mol. The first-order valence-corrected chi connectivity index (χ1v) is 5.13. The van der Waals surface area contributed by atoms with Gasteiger partial charge in [0, 0.05) is 25.1 Å². The lowest BCUT2D eigenvalue weighted by Crippen LogP contribution is -2.20. The van der Waals surface area contributed by atoms with Gasteiger partial charge in [0.15, 0.2) is 0 Å². The van der Waals surface area contributed by atoms with Crippen LogP contribution in [-0.4, -0.2) is 20.4 Å². The Morgan fingerprint density at radius 1 is 1.53 bits per heavy atom. The summed E-state index contributed by atoms with van der Waals surface area (Å²) in [6, 6.07) is 3.78. The number of carbonyl (C=O) groups excluding carboxylic acids is 1. The Morgan fingerprint density at radius 2 is 2.41 bits per heavy atom. The van der Waals surface area contributed by atoms with Crippen molar-refractivity contribution < 1.29 is 4.79 Å². The molecule has 0 bridgehead atoms. The second kappa shape index (κ2) is 5.07. The van der Waals surface area contributed by atoms with Gasteiger partial charge in [0.05, 0.1) is 0 Å². The molecule has 0 unspecified atom stereocenters. The van der Waals surface area contributed by atoms with E-state index >= 15 is 0 Å². The highest BCUT2D eigenvalue weighted by Gasteiger charge is 1.99. The SMILES string of the molecule is C=CC(=O)NCc1ccc(-n2ccnc2)nc1. The molecule has 2 aromatic heterocycles. The van der Waals surface area contributed by atoms with Crippen LogP contribution in [0.5, 0.6) is 0 Å². The summed E-state index contributed by atoms with van der Waals surface area (Å²) in [5.74, 6) is 0.602. The third-order valence-corrected chi connectivity index (χ3v) is 2.23. The first kappa shape index (κ1) is 11.1. The van der Waals surface area contributed by atoms with Gasteiger partial charge >= 0.3 is 0 Å². The first-order chi connectivity index (χ1) is 8.29. The average molecular weight is 228 g/mol. The number of amides is 1. The van der Waals surface area contributed by atoms with E-state index in [2.05, 4.69) is 21.9 Å². The van der Waals surface area contributed by atoms with Crippen molar-refractivity contribution in [3.8, 4) is 5.82 Å². The third-order valence-electron chi connectivity index (χ3n) is 2.23. The highest BCUT2D eigenvalue weighted by molar-refractivity contribution is 5.86. The predicted octanol–water partition coefficient (Wildman–Crippen LogP) is 1.07. The zero-order chi connectivity index (χ0) is 12.1. The summed E-state index contributed by atoms with van der Waals surface area (Å²) in [4.78, 5) is 19.2. The van der Waals surface area contributed by atoms with Crippen LogP contribution < -0.4 is 5.32 Å². The van der Waals surface area contributed by atoms with Gasteiger partial charge in [-0.2, -0.15) is 0 Å². The second-order valence-electron chi connectivity index (χ2n) is 3.42. The van der Waals surface area contributed by atoms with Crippen molar-refractivity contribution in [1.29, 1.82) is 0 Å². The summed E-state index contributed by atoms with van der Waals surface area (Å²) in [6.07, 6.45) is 8.16. The van der Waals surface area contributed by atoms with Crippen molar-refractivity contribution in [2.75, 3.05) is 0 Å². The molecule has 2 aromatic rings. The van der Waals surface area contributed by atoms with Crippen LogP contribution in [0, 0.1) is 0 Å². The molecule has 0 atom stereocenters. The Morgan fingerprint density at radius 3 is 3.00 bits per heavy atom. The Balaban J connectivity index is 2.03. The molecule has 0 aromatic carbocycles. The largest absolute Gasteiger partial charge is 0.348 e. The molecular weight excluding hydrogens is 216 g/mol. The molecule has 5 nitrogen and oxygen atoms in total. The van der Waals surface area contributed by atoms with E-state index in [1.54, 1.807) is 18.7 Å². The van der Waals surface area contributed by atoms with Crippen molar-refractivity contribution in [1.82, 2.24) is 19.9 Å². The lowest BCUT2D eigenvalue weighted by atomic mass is 10.3. The van der Waals surface area contributed by atoms with Crippen LogP contribution in [0.15, 0.2) is 49.7 Å². The highest BCUT2D eigenvalue weighted by atomic mass is 16.1. The van der Waals surface area contributed by atoms with Crippen molar-refractivity contribution in [2.45, 2.75) is 6.54 Å². The van der Waals surface area contributed by atoms with Crippen LogP contribution in [0.25, 0.3) is 5.82 Å². The fraction of sp³-hybridized carbons (Fsp3) is 0.0833. The van der Waals surface area contributed by atoms with Crippen LogP contribution in [0.1, 0.15) is 5.56 Å². The summed E-state index contributed by atoms with van der Waals surface area (Å²) >= 11 is 0. The van der Waals surface area contributed by atoms with Crippen molar-refractivity contribution in [3.05, 3.63) is 55.3 Å². The number of hydrogen-bond acceptors (Lipinski definition) is 3. The van der Waals surface area contributed by atoms with Gasteiger partial charge in [0.2, 0.25) is 5.91 Å².